The van der Waals surface area contributed by atoms with Crippen molar-refractivity contribution in [2.24, 2.45) is 0 Å². The van der Waals surface area contributed by atoms with E-state index in [4.69, 9.17) is 19.4 Å². The van der Waals surface area contributed by atoms with Crippen LogP contribution in [0.5, 0.6) is 0 Å². The lowest BCUT2D eigenvalue weighted by molar-refractivity contribution is 0.666. The third-order valence-corrected chi connectivity index (χ3v) is 12.0. The molecule has 0 unspecified atom stereocenters. The lowest BCUT2D eigenvalue weighted by atomic mass is 10.0. The number of furan rings is 1. The summed E-state index contributed by atoms with van der Waals surface area (Å²) in [6.45, 7) is 0. The number of benzene rings is 8. The van der Waals surface area contributed by atoms with Gasteiger partial charge >= 0.3 is 0 Å². The van der Waals surface area contributed by atoms with Crippen molar-refractivity contribution < 1.29 is 4.42 Å². The van der Waals surface area contributed by atoms with Crippen LogP contribution in [0, 0.1) is 0 Å². The molecule has 6 heteroatoms. The Hall–Kier alpha value is -7.15. The van der Waals surface area contributed by atoms with Crippen molar-refractivity contribution in [3.63, 3.8) is 0 Å². The van der Waals surface area contributed by atoms with Gasteiger partial charge in [-0.1, -0.05) is 109 Å². The van der Waals surface area contributed by atoms with Gasteiger partial charge in [0.15, 0.2) is 23.1 Å². The molecule has 55 heavy (non-hydrogen) atoms. The number of nitrogens with zero attached hydrogens (tertiary/aromatic N) is 4. The van der Waals surface area contributed by atoms with Gasteiger partial charge < -0.3 is 8.98 Å². The van der Waals surface area contributed by atoms with Crippen LogP contribution in [-0.4, -0.2) is 19.5 Å². The average molecular weight is 721 g/mol. The van der Waals surface area contributed by atoms with Crippen molar-refractivity contribution in [3.8, 4) is 39.9 Å². The first kappa shape index (κ1) is 30.3. The Labute approximate surface area is 318 Å². The highest BCUT2D eigenvalue weighted by molar-refractivity contribution is 7.25. The van der Waals surface area contributed by atoms with Gasteiger partial charge in [0, 0.05) is 58.4 Å². The summed E-state index contributed by atoms with van der Waals surface area (Å²) >= 11 is 1.81. The average Bonchev–Trinajstić information content (AvgIpc) is 3.92. The van der Waals surface area contributed by atoms with E-state index in [2.05, 4.69) is 144 Å². The van der Waals surface area contributed by atoms with Gasteiger partial charge in [0.2, 0.25) is 0 Å². The third-order valence-electron chi connectivity index (χ3n) is 10.8. The van der Waals surface area contributed by atoms with Gasteiger partial charge in [0.25, 0.3) is 0 Å². The molecule has 4 heterocycles. The zero-order valence-corrected chi connectivity index (χ0v) is 30.1. The van der Waals surface area contributed by atoms with Crippen molar-refractivity contribution in [1.82, 2.24) is 19.5 Å². The maximum absolute atomic E-state index is 6.87. The van der Waals surface area contributed by atoms with Crippen LogP contribution >= 0.6 is 11.3 Å². The Morgan fingerprint density at radius 3 is 1.98 bits per heavy atom. The lowest BCUT2D eigenvalue weighted by Crippen LogP contribution is -2.01. The van der Waals surface area contributed by atoms with Crippen LogP contribution in [0.3, 0.4) is 0 Å². The minimum Gasteiger partial charge on any atom is -0.454 e. The lowest BCUT2D eigenvalue weighted by Gasteiger charge is -2.13. The van der Waals surface area contributed by atoms with Crippen LogP contribution in [0.2, 0.25) is 0 Å². The molecule has 0 fully saturated rings. The highest BCUT2D eigenvalue weighted by Crippen LogP contribution is 2.43. The second-order valence-electron chi connectivity index (χ2n) is 14.0. The molecule has 12 rings (SSSR count). The van der Waals surface area contributed by atoms with Crippen molar-refractivity contribution in [2.75, 3.05) is 0 Å². The van der Waals surface area contributed by atoms with Crippen molar-refractivity contribution >= 4 is 86.0 Å². The molecular weight excluding hydrogens is 693 g/mol. The molecule has 0 N–H and O–H groups in total. The summed E-state index contributed by atoms with van der Waals surface area (Å²) in [7, 11) is 0. The zero-order chi connectivity index (χ0) is 36.0. The number of hydrogen-bond acceptors (Lipinski definition) is 5. The van der Waals surface area contributed by atoms with Crippen molar-refractivity contribution in [3.05, 3.63) is 170 Å². The Bertz CT molecular complexity index is 3500. The molecule has 0 amide bonds. The van der Waals surface area contributed by atoms with Crippen LogP contribution in [0.25, 0.3) is 115 Å². The highest BCUT2D eigenvalue weighted by atomic mass is 32.1. The first-order valence-electron chi connectivity index (χ1n) is 18.4. The smallest absolute Gasteiger partial charge is 0.164 e. The molecule has 0 spiro atoms. The monoisotopic (exact) mass is 720 g/mol. The zero-order valence-electron chi connectivity index (χ0n) is 29.3. The van der Waals surface area contributed by atoms with Gasteiger partial charge in [-0.25, -0.2) is 15.0 Å². The quantitative estimate of drug-likeness (QED) is 0.182. The molecule has 256 valence electrons. The first-order chi connectivity index (χ1) is 27.2. The molecule has 0 saturated heterocycles. The number of thiophene rings is 1. The molecule has 5 nitrogen and oxygen atoms in total. The molecule has 0 aliphatic heterocycles. The summed E-state index contributed by atoms with van der Waals surface area (Å²) in [5.74, 6) is 1.84. The summed E-state index contributed by atoms with van der Waals surface area (Å²) in [5, 5.41) is 9.22. The normalized spacial score (nSPS) is 12.0. The Morgan fingerprint density at radius 2 is 1.11 bits per heavy atom. The maximum atomic E-state index is 6.87. The van der Waals surface area contributed by atoms with E-state index in [1.165, 1.54) is 41.7 Å². The summed E-state index contributed by atoms with van der Waals surface area (Å²) in [6, 6.07) is 59.6. The van der Waals surface area contributed by atoms with E-state index in [0.29, 0.717) is 17.5 Å². The number of rotatable bonds is 4. The van der Waals surface area contributed by atoms with Gasteiger partial charge in [0.05, 0.1) is 16.7 Å². The number of para-hydroxylation sites is 2. The fraction of sp³-hybridized carbons (Fsp3) is 0. The molecule has 0 atom stereocenters. The molecule has 0 aliphatic carbocycles. The second kappa shape index (κ2) is 11.7. The minimum absolute atomic E-state index is 0.593. The Morgan fingerprint density at radius 1 is 0.436 bits per heavy atom. The number of fused-ring (bicyclic) bond motifs is 10. The van der Waals surface area contributed by atoms with E-state index in [1.807, 2.05) is 30.3 Å². The summed E-state index contributed by atoms with van der Waals surface area (Å²) < 4.78 is 11.7. The van der Waals surface area contributed by atoms with E-state index in [-0.39, 0.29) is 0 Å². The van der Waals surface area contributed by atoms with Crippen molar-refractivity contribution in [2.45, 2.75) is 0 Å². The molecule has 0 saturated carbocycles. The topological polar surface area (TPSA) is 56.7 Å². The van der Waals surface area contributed by atoms with Gasteiger partial charge in [-0.2, -0.15) is 0 Å². The maximum Gasteiger partial charge on any atom is 0.164 e. The number of hydrogen-bond donors (Lipinski definition) is 0. The van der Waals surface area contributed by atoms with Crippen LogP contribution < -0.4 is 0 Å². The van der Waals surface area contributed by atoms with E-state index in [0.717, 1.165) is 55.3 Å². The molecule has 8 aromatic carbocycles. The molecule has 4 aromatic heterocycles. The second-order valence-corrected chi connectivity index (χ2v) is 15.1. The minimum atomic E-state index is 0.593. The predicted molar refractivity (Wildman–Crippen MR) is 228 cm³/mol. The van der Waals surface area contributed by atoms with Gasteiger partial charge in [-0.15, -0.1) is 11.3 Å². The van der Waals surface area contributed by atoms with Gasteiger partial charge in [-0.3, -0.25) is 0 Å². The fourth-order valence-corrected chi connectivity index (χ4v) is 9.39. The van der Waals surface area contributed by atoms with Gasteiger partial charge in [0.1, 0.15) is 5.58 Å². The summed E-state index contributed by atoms with van der Waals surface area (Å²) in [5.41, 5.74) is 7.55. The van der Waals surface area contributed by atoms with Crippen LogP contribution in [0.15, 0.2) is 174 Å². The molecular formula is C49H28N4OS. The summed E-state index contributed by atoms with van der Waals surface area (Å²) in [6.07, 6.45) is 0. The Kier molecular flexibility index (Phi) is 6.44. The van der Waals surface area contributed by atoms with Crippen LogP contribution in [0.1, 0.15) is 0 Å². The standard InChI is InChI=1S/C49H28N4OS/c1-2-12-29(13-3-1)47-50-48(32-22-25-44-38(27-32)34-17-8-11-21-43(34)55-44)52-49(51-47)36-23-24-40(46-45(36)35-18-7-10-20-42(35)54-46)53-39-19-9-6-16-33(39)37-26-30-14-4-5-15-31(30)28-41(37)53/h1-28H. The largest absolute Gasteiger partial charge is 0.454 e. The van der Waals surface area contributed by atoms with Crippen LogP contribution in [0.4, 0.5) is 0 Å². The molecule has 0 bridgehead atoms. The van der Waals surface area contributed by atoms with E-state index in [1.54, 1.807) is 11.3 Å². The SMILES string of the molecule is c1ccc(-c2nc(-c3ccc4sc5ccccc5c4c3)nc(-c3ccc(-n4c5ccccc5c5cc6ccccc6cc54)c4oc5ccccc5c34)n2)cc1. The first-order valence-corrected chi connectivity index (χ1v) is 19.2. The molecule has 12 aromatic rings. The third kappa shape index (κ3) is 4.62. The van der Waals surface area contributed by atoms with E-state index >= 15 is 0 Å². The molecule has 0 radical (unpaired) electrons. The van der Waals surface area contributed by atoms with E-state index < -0.39 is 0 Å². The Balaban J connectivity index is 1.14. The van der Waals surface area contributed by atoms with Crippen LogP contribution in [-0.2, 0) is 0 Å². The summed E-state index contributed by atoms with van der Waals surface area (Å²) in [4.78, 5) is 15.6. The number of aromatic nitrogens is 4. The molecule has 0 aliphatic rings. The highest BCUT2D eigenvalue weighted by Gasteiger charge is 2.23. The van der Waals surface area contributed by atoms with E-state index in [9.17, 15) is 0 Å². The van der Waals surface area contributed by atoms with Crippen molar-refractivity contribution in [1.29, 1.82) is 0 Å². The fourth-order valence-electron chi connectivity index (χ4n) is 8.30. The van der Waals surface area contributed by atoms with Gasteiger partial charge in [-0.05, 0) is 71.4 Å². The predicted octanol–water partition coefficient (Wildman–Crippen LogP) is 13.4.